The Morgan fingerprint density at radius 2 is 0.910 bits per heavy atom. The summed E-state index contributed by atoms with van der Waals surface area (Å²) >= 11 is 0. The SMILES string of the molecule is CC(C)(C)c1cccc(C(C)(C)C)c1-c1ccc(N(c2cccc(C3(c4ccccc4)c4ccccc4-c4c(-c5ccc6c(c5)oc5ccccc56)cccc43)c2)c2cccc3oc4ccc(-c5ccccc5)cc4c23)cc1. The first-order chi connectivity index (χ1) is 37.9. The van der Waals surface area contributed by atoms with E-state index in [1.807, 2.05) is 6.07 Å². The van der Waals surface area contributed by atoms with E-state index >= 15 is 0 Å². The van der Waals surface area contributed by atoms with Crippen LogP contribution in [0.3, 0.4) is 0 Å². The standard InChI is InChI=1S/C75H59NO2/c1-73(2,3)62-31-19-32-63(74(4,5)6)70(62)49-37-41-54(42-38-49)76(65-34-20-36-68-72(65)60-45-50(40-44-67(60)77-68)48-21-9-7-10-22-48)55-26-17-25-53(47-55)75(52-23-11-8-12-24-52)61-30-15-13-28-59(61)71-56(29-18-33-64(71)75)51-39-43-58-57-27-14-16-35-66(57)78-69(58)46-51/h7-47H,1-6H3. The quantitative estimate of drug-likeness (QED) is 0.152. The number of rotatable bonds is 8. The smallest absolute Gasteiger partial charge is 0.137 e. The predicted octanol–water partition coefficient (Wildman–Crippen LogP) is 20.9. The van der Waals surface area contributed by atoms with Gasteiger partial charge in [-0.15, -0.1) is 0 Å². The highest BCUT2D eigenvalue weighted by molar-refractivity contribution is 6.14. The van der Waals surface area contributed by atoms with E-state index in [2.05, 4.69) is 289 Å². The zero-order valence-corrected chi connectivity index (χ0v) is 44.9. The number of nitrogens with zero attached hydrogens (tertiary/aromatic N) is 1. The number of fused-ring (bicyclic) bond motifs is 9. The van der Waals surface area contributed by atoms with Gasteiger partial charge in [0.1, 0.15) is 22.3 Å². The van der Waals surface area contributed by atoms with Crippen LogP contribution in [0.4, 0.5) is 17.1 Å². The van der Waals surface area contributed by atoms with Crippen LogP contribution in [0.2, 0.25) is 0 Å². The van der Waals surface area contributed by atoms with Crippen molar-refractivity contribution in [2.24, 2.45) is 0 Å². The van der Waals surface area contributed by atoms with Gasteiger partial charge < -0.3 is 13.7 Å². The van der Waals surface area contributed by atoms with Gasteiger partial charge >= 0.3 is 0 Å². The summed E-state index contributed by atoms with van der Waals surface area (Å²) in [6, 6.07) is 91.4. The Labute approximate surface area is 456 Å². The van der Waals surface area contributed by atoms with E-state index in [1.165, 1.54) is 61.2 Å². The summed E-state index contributed by atoms with van der Waals surface area (Å²) in [4.78, 5) is 2.46. The van der Waals surface area contributed by atoms with E-state index in [0.29, 0.717) is 0 Å². The van der Waals surface area contributed by atoms with Gasteiger partial charge in [-0.3, -0.25) is 0 Å². The lowest BCUT2D eigenvalue weighted by Crippen LogP contribution is -2.29. The topological polar surface area (TPSA) is 29.5 Å². The highest BCUT2D eigenvalue weighted by atomic mass is 16.3. The second-order valence-corrected chi connectivity index (χ2v) is 23.2. The summed E-state index contributed by atoms with van der Waals surface area (Å²) in [7, 11) is 0. The molecule has 0 fully saturated rings. The summed E-state index contributed by atoms with van der Waals surface area (Å²) < 4.78 is 13.3. The normalized spacial score (nSPS) is 14.3. The minimum atomic E-state index is -0.683. The average molecular weight is 1010 g/mol. The molecule has 0 radical (unpaired) electrons. The van der Waals surface area contributed by atoms with Crippen molar-refractivity contribution in [3.05, 3.63) is 282 Å². The van der Waals surface area contributed by atoms with Crippen molar-refractivity contribution in [3.63, 3.8) is 0 Å². The molecule has 0 saturated carbocycles. The molecule has 14 rings (SSSR count). The minimum Gasteiger partial charge on any atom is -0.456 e. The van der Waals surface area contributed by atoms with E-state index in [9.17, 15) is 0 Å². The van der Waals surface area contributed by atoms with Crippen molar-refractivity contribution in [1.82, 2.24) is 0 Å². The maximum atomic E-state index is 6.78. The number of anilines is 3. The summed E-state index contributed by atoms with van der Waals surface area (Å²) in [5.74, 6) is 0. The van der Waals surface area contributed by atoms with Gasteiger partial charge in [0, 0.05) is 27.5 Å². The zero-order valence-electron chi connectivity index (χ0n) is 44.9. The van der Waals surface area contributed by atoms with Gasteiger partial charge in [0.15, 0.2) is 0 Å². The van der Waals surface area contributed by atoms with Crippen LogP contribution in [0.15, 0.2) is 258 Å². The Bertz CT molecular complexity index is 4420. The molecule has 0 spiro atoms. The van der Waals surface area contributed by atoms with Crippen LogP contribution in [0.5, 0.6) is 0 Å². The first-order valence-electron chi connectivity index (χ1n) is 27.3. The summed E-state index contributed by atoms with van der Waals surface area (Å²) in [5.41, 5.74) is 23.0. The molecule has 0 bridgehead atoms. The molecule has 2 heterocycles. The third-order valence-electron chi connectivity index (χ3n) is 16.4. The summed E-state index contributed by atoms with van der Waals surface area (Å²) in [6.07, 6.45) is 0. The zero-order chi connectivity index (χ0) is 52.9. The molecular weight excluding hydrogens is 947 g/mol. The van der Waals surface area contributed by atoms with Gasteiger partial charge in [0.05, 0.1) is 16.5 Å². The van der Waals surface area contributed by atoms with Crippen LogP contribution in [0, 0.1) is 0 Å². The Kier molecular flexibility index (Phi) is 10.9. The number of benzene rings is 11. The van der Waals surface area contributed by atoms with E-state index in [0.717, 1.165) is 77.6 Å². The van der Waals surface area contributed by atoms with Gasteiger partial charge in [-0.05, 0) is 155 Å². The van der Waals surface area contributed by atoms with Crippen molar-refractivity contribution in [2.75, 3.05) is 4.90 Å². The molecule has 1 aliphatic carbocycles. The third kappa shape index (κ3) is 7.47. The molecule has 376 valence electrons. The van der Waals surface area contributed by atoms with Crippen molar-refractivity contribution in [3.8, 4) is 44.5 Å². The van der Waals surface area contributed by atoms with Crippen molar-refractivity contribution in [1.29, 1.82) is 0 Å². The predicted molar refractivity (Wildman–Crippen MR) is 327 cm³/mol. The molecule has 0 amide bonds. The molecule has 1 unspecified atom stereocenters. The van der Waals surface area contributed by atoms with Crippen molar-refractivity contribution in [2.45, 2.75) is 57.8 Å². The summed E-state index contributed by atoms with van der Waals surface area (Å²) in [6.45, 7) is 14.0. The van der Waals surface area contributed by atoms with Gasteiger partial charge in [-0.2, -0.15) is 0 Å². The van der Waals surface area contributed by atoms with Crippen LogP contribution >= 0.6 is 0 Å². The Balaban J connectivity index is 1.01. The monoisotopic (exact) mass is 1010 g/mol. The molecule has 11 aromatic carbocycles. The summed E-state index contributed by atoms with van der Waals surface area (Å²) in [5, 5.41) is 4.39. The highest BCUT2D eigenvalue weighted by Gasteiger charge is 2.47. The number of furan rings is 2. The first-order valence-corrected chi connectivity index (χ1v) is 27.3. The fraction of sp³-hybridized carbons (Fsp3) is 0.120. The van der Waals surface area contributed by atoms with Gasteiger partial charge in [0.2, 0.25) is 0 Å². The average Bonchev–Trinajstić information content (AvgIpc) is 3.98. The van der Waals surface area contributed by atoms with Crippen molar-refractivity contribution >= 4 is 60.9 Å². The molecule has 0 N–H and O–H groups in total. The van der Waals surface area contributed by atoms with Gasteiger partial charge in [-0.1, -0.05) is 224 Å². The second kappa shape index (κ2) is 18.0. The lowest BCUT2D eigenvalue weighted by atomic mass is 9.67. The van der Waals surface area contributed by atoms with Gasteiger partial charge in [0.25, 0.3) is 0 Å². The molecule has 0 aliphatic heterocycles. The van der Waals surface area contributed by atoms with Crippen LogP contribution < -0.4 is 4.90 Å². The molecular formula is C75H59NO2. The lowest BCUT2D eigenvalue weighted by Gasteiger charge is -2.35. The fourth-order valence-corrected chi connectivity index (χ4v) is 12.9. The van der Waals surface area contributed by atoms with E-state index in [-0.39, 0.29) is 10.8 Å². The van der Waals surface area contributed by atoms with Crippen LogP contribution in [-0.4, -0.2) is 0 Å². The molecule has 2 aromatic heterocycles. The van der Waals surface area contributed by atoms with Crippen LogP contribution in [0.25, 0.3) is 88.4 Å². The van der Waals surface area contributed by atoms with Gasteiger partial charge in [-0.25, -0.2) is 0 Å². The molecule has 13 aromatic rings. The molecule has 0 saturated heterocycles. The van der Waals surface area contributed by atoms with Crippen molar-refractivity contribution < 1.29 is 8.83 Å². The lowest BCUT2D eigenvalue weighted by molar-refractivity contribution is 0.572. The number of hydrogen-bond donors (Lipinski definition) is 0. The van der Waals surface area contributed by atoms with E-state index < -0.39 is 5.41 Å². The largest absolute Gasteiger partial charge is 0.456 e. The third-order valence-corrected chi connectivity index (χ3v) is 16.4. The number of hydrogen-bond acceptors (Lipinski definition) is 3. The molecule has 3 nitrogen and oxygen atoms in total. The van der Waals surface area contributed by atoms with Crippen LogP contribution in [-0.2, 0) is 16.2 Å². The molecule has 1 atom stereocenters. The Hall–Kier alpha value is -9.18. The van der Waals surface area contributed by atoms with E-state index in [4.69, 9.17) is 8.83 Å². The molecule has 78 heavy (non-hydrogen) atoms. The maximum absolute atomic E-state index is 6.78. The molecule has 3 heteroatoms. The van der Waals surface area contributed by atoms with Crippen LogP contribution in [0.1, 0.15) is 74.9 Å². The number of para-hydroxylation sites is 1. The Morgan fingerprint density at radius 1 is 0.333 bits per heavy atom. The van der Waals surface area contributed by atoms with E-state index in [1.54, 1.807) is 0 Å². The maximum Gasteiger partial charge on any atom is 0.137 e. The minimum absolute atomic E-state index is 0.0621. The second-order valence-electron chi connectivity index (χ2n) is 23.2. The fourth-order valence-electron chi connectivity index (χ4n) is 12.9. The Morgan fingerprint density at radius 3 is 1.69 bits per heavy atom. The highest BCUT2D eigenvalue weighted by Crippen LogP contribution is 2.59. The first kappa shape index (κ1) is 47.3. The molecule has 1 aliphatic rings.